The standard InChI is InChI=1S/C22H30F2N2O4/c1-2-28-20-15-17(6-8-19(20)30-22(23)24)7-9-21(27)26-11-4-10-25(12-13-26)16-18-5-3-14-29-18/h6-9,15,18,22H,2-5,10-14,16H2,1H3/b9-7-/t18-/m1/s1. The van der Waals surface area contributed by atoms with E-state index >= 15 is 0 Å². The molecule has 0 saturated carbocycles. The van der Waals surface area contributed by atoms with E-state index in [9.17, 15) is 13.6 Å². The van der Waals surface area contributed by atoms with Gasteiger partial charge < -0.3 is 19.1 Å². The summed E-state index contributed by atoms with van der Waals surface area (Å²) in [7, 11) is 0. The topological polar surface area (TPSA) is 51.2 Å². The van der Waals surface area contributed by atoms with E-state index < -0.39 is 6.61 Å². The van der Waals surface area contributed by atoms with Crippen LogP contribution in [-0.2, 0) is 9.53 Å². The van der Waals surface area contributed by atoms with E-state index in [1.165, 1.54) is 12.1 Å². The molecule has 3 rings (SSSR count). The molecule has 0 aliphatic carbocycles. The minimum Gasteiger partial charge on any atom is -0.490 e. The SMILES string of the molecule is CCOc1cc(/C=C\C(=O)N2CCCN(C[C@H]3CCCO3)CC2)ccc1OC(F)F. The lowest BCUT2D eigenvalue weighted by atomic mass is 10.2. The Morgan fingerprint density at radius 1 is 1.23 bits per heavy atom. The number of alkyl halides is 2. The molecule has 0 radical (unpaired) electrons. The van der Waals surface area contributed by atoms with Gasteiger partial charge in [0.05, 0.1) is 12.7 Å². The minimum absolute atomic E-state index is 0.0193. The van der Waals surface area contributed by atoms with Gasteiger partial charge in [0.15, 0.2) is 11.5 Å². The van der Waals surface area contributed by atoms with Crippen LogP contribution in [0.4, 0.5) is 8.78 Å². The van der Waals surface area contributed by atoms with Gasteiger partial charge in [-0.3, -0.25) is 9.69 Å². The second-order valence-corrected chi connectivity index (χ2v) is 7.47. The molecule has 1 atom stereocenters. The number of amides is 1. The highest BCUT2D eigenvalue weighted by molar-refractivity contribution is 5.91. The molecule has 1 amide bonds. The third-order valence-corrected chi connectivity index (χ3v) is 5.29. The highest BCUT2D eigenvalue weighted by Gasteiger charge is 2.22. The Hall–Kier alpha value is -2.19. The van der Waals surface area contributed by atoms with Crippen molar-refractivity contribution in [2.45, 2.75) is 38.9 Å². The number of carbonyl (C=O) groups is 1. The molecule has 0 spiro atoms. The summed E-state index contributed by atoms with van der Waals surface area (Å²) in [6.45, 7) is 4.16. The Morgan fingerprint density at radius 3 is 2.83 bits per heavy atom. The number of carbonyl (C=O) groups excluding carboxylic acids is 1. The van der Waals surface area contributed by atoms with Gasteiger partial charge in [-0.1, -0.05) is 6.07 Å². The maximum Gasteiger partial charge on any atom is 0.387 e. The van der Waals surface area contributed by atoms with Gasteiger partial charge in [-0.25, -0.2) is 0 Å². The van der Waals surface area contributed by atoms with Crippen molar-refractivity contribution in [2.75, 3.05) is 45.9 Å². The van der Waals surface area contributed by atoms with Gasteiger partial charge >= 0.3 is 6.61 Å². The van der Waals surface area contributed by atoms with E-state index in [-0.39, 0.29) is 17.4 Å². The molecule has 30 heavy (non-hydrogen) atoms. The van der Waals surface area contributed by atoms with Crippen molar-refractivity contribution in [1.29, 1.82) is 0 Å². The minimum atomic E-state index is -2.92. The first-order valence-corrected chi connectivity index (χ1v) is 10.6. The molecule has 2 aliphatic rings. The molecule has 6 nitrogen and oxygen atoms in total. The molecule has 166 valence electrons. The van der Waals surface area contributed by atoms with Crippen molar-refractivity contribution in [3.8, 4) is 11.5 Å². The predicted molar refractivity (Wildman–Crippen MR) is 110 cm³/mol. The molecule has 1 aromatic carbocycles. The smallest absolute Gasteiger partial charge is 0.387 e. The largest absolute Gasteiger partial charge is 0.490 e. The molecule has 8 heteroatoms. The van der Waals surface area contributed by atoms with Crippen LogP contribution < -0.4 is 9.47 Å². The third kappa shape index (κ3) is 6.67. The van der Waals surface area contributed by atoms with Crippen molar-refractivity contribution in [3.05, 3.63) is 29.8 Å². The van der Waals surface area contributed by atoms with E-state index in [2.05, 4.69) is 9.64 Å². The average molecular weight is 424 g/mol. The van der Waals surface area contributed by atoms with Gasteiger partial charge in [0.2, 0.25) is 5.91 Å². The van der Waals surface area contributed by atoms with Crippen molar-refractivity contribution >= 4 is 12.0 Å². The van der Waals surface area contributed by atoms with Gasteiger partial charge in [-0.05, 0) is 56.5 Å². The Morgan fingerprint density at radius 2 is 2.10 bits per heavy atom. The molecule has 0 unspecified atom stereocenters. The average Bonchev–Trinajstić information content (AvgIpc) is 3.11. The molecule has 2 fully saturated rings. The molecule has 0 N–H and O–H groups in total. The van der Waals surface area contributed by atoms with Crippen LogP contribution in [0.15, 0.2) is 24.3 Å². The second kappa shape index (κ2) is 11.3. The molecule has 0 aromatic heterocycles. The fourth-order valence-corrected chi connectivity index (χ4v) is 3.81. The van der Waals surface area contributed by atoms with Crippen LogP contribution in [0.2, 0.25) is 0 Å². The van der Waals surface area contributed by atoms with E-state index in [1.807, 2.05) is 4.90 Å². The predicted octanol–water partition coefficient (Wildman–Crippen LogP) is 3.41. The summed E-state index contributed by atoms with van der Waals surface area (Å²) in [5.74, 6) is 0.154. The zero-order chi connectivity index (χ0) is 21.3. The van der Waals surface area contributed by atoms with Crippen LogP contribution in [0, 0.1) is 0 Å². The first-order valence-electron chi connectivity index (χ1n) is 10.6. The molecule has 0 bridgehead atoms. The summed E-state index contributed by atoms with van der Waals surface area (Å²) in [6, 6.07) is 4.64. The van der Waals surface area contributed by atoms with E-state index in [0.29, 0.717) is 24.8 Å². The van der Waals surface area contributed by atoms with Crippen LogP contribution in [0.25, 0.3) is 6.08 Å². The van der Waals surface area contributed by atoms with Crippen LogP contribution in [0.5, 0.6) is 11.5 Å². The lowest BCUT2D eigenvalue weighted by Crippen LogP contribution is -2.37. The number of ether oxygens (including phenoxy) is 3. The third-order valence-electron chi connectivity index (χ3n) is 5.29. The van der Waals surface area contributed by atoms with Gasteiger partial charge in [-0.2, -0.15) is 8.78 Å². The van der Waals surface area contributed by atoms with Crippen LogP contribution >= 0.6 is 0 Å². The fraction of sp³-hybridized carbons (Fsp3) is 0.591. The summed E-state index contributed by atoms with van der Waals surface area (Å²) < 4.78 is 40.6. The molecular formula is C22H30F2N2O4. The zero-order valence-electron chi connectivity index (χ0n) is 17.4. The molecule has 2 aliphatic heterocycles. The number of nitrogens with zero attached hydrogens (tertiary/aromatic N) is 2. The summed E-state index contributed by atoms with van der Waals surface area (Å²) in [4.78, 5) is 16.9. The molecule has 2 heterocycles. The summed E-state index contributed by atoms with van der Waals surface area (Å²) >= 11 is 0. The van der Waals surface area contributed by atoms with Crippen LogP contribution in [-0.4, -0.2) is 74.4 Å². The van der Waals surface area contributed by atoms with Crippen LogP contribution in [0.3, 0.4) is 0 Å². The number of hydrogen-bond acceptors (Lipinski definition) is 5. The lowest BCUT2D eigenvalue weighted by Gasteiger charge is -2.23. The zero-order valence-corrected chi connectivity index (χ0v) is 17.4. The summed E-state index contributed by atoms with van der Waals surface area (Å²) in [5, 5.41) is 0. The lowest BCUT2D eigenvalue weighted by molar-refractivity contribution is -0.125. The maximum absolute atomic E-state index is 12.6. The number of hydrogen-bond donors (Lipinski definition) is 0. The fourth-order valence-electron chi connectivity index (χ4n) is 3.81. The second-order valence-electron chi connectivity index (χ2n) is 7.47. The summed E-state index contributed by atoms with van der Waals surface area (Å²) in [5.41, 5.74) is 0.684. The number of benzene rings is 1. The highest BCUT2D eigenvalue weighted by atomic mass is 19.3. The van der Waals surface area contributed by atoms with E-state index in [4.69, 9.17) is 9.47 Å². The van der Waals surface area contributed by atoms with Gasteiger partial charge in [0.25, 0.3) is 0 Å². The Kier molecular flexibility index (Phi) is 8.45. The Labute approximate surface area is 176 Å². The van der Waals surface area contributed by atoms with Crippen LogP contribution in [0.1, 0.15) is 31.7 Å². The maximum atomic E-state index is 12.6. The normalized spacial score (nSPS) is 20.7. The van der Waals surface area contributed by atoms with Crippen molar-refractivity contribution in [3.63, 3.8) is 0 Å². The molecule has 1 aromatic rings. The number of halogens is 2. The van der Waals surface area contributed by atoms with Crippen molar-refractivity contribution in [2.24, 2.45) is 0 Å². The van der Waals surface area contributed by atoms with Gasteiger partial charge in [0, 0.05) is 38.9 Å². The van der Waals surface area contributed by atoms with Gasteiger partial charge in [-0.15, -0.1) is 0 Å². The highest BCUT2D eigenvalue weighted by Crippen LogP contribution is 2.30. The summed E-state index contributed by atoms with van der Waals surface area (Å²) in [6.07, 6.45) is 6.70. The first kappa shape index (κ1) is 22.5. The van der Waals surface area contributed by atoms with Crippen molar-refractivity contribution in [1.82, 2.24) is 9.80 Å². The van der Waals surface area contributed by atoms with E-state index in [0.717, 1.165) is 52.0 Å². The molecule has 2 saturated heterocycles. The van der Waals surface area contributed by atoms with Crippen molar-refractivity contribution < 1.29 is 27.8 Å². The molecular weight excluding hydrogens is 394 g/mol. The monoisotopic (exact) mass is 424 g/mol. The van der Waals surface area contributed by atoms with E-state index in [1.54, 1.807) is 25.1 Å². The first-order chi connectivity index (χ1) is 14.5. The number of rotatable bonds is 8. The Balaban J connectivity index is 1.56. The quantitative estimate of drug-likeness (QED) is 0.599. The Bertz CT molecular complexity index is 723. The van der Waals surface area contributed by atoms with Gasteiger partial charge in [0.1, 0.15) is 0 Å².